The first kappa shape index (κ1) is 17.9. The van der Waals surface area contributed by atoms with Gasteiger partial charge in [-0.2, -0.15) is 0 Å². The average molecular weight is 385 g/mol. The van der Waals surface area contributed by atoms with E-state index in [1.54, 1.807) is 23.3 Å². The highest BCUT2D eigenvalue weighted by atomic mass is 16.2. The monoisotopic (exact) mass is 385 g/mol. The SMILES string of the molecule is O=C1c2ccccc2[C@H](C(=O)n2ccnc2)C2(CCCCC2)N1c1ccccc1. The molecule has 0 saturated heterocycles. The van der Waals surface area contributed by atoms with Crippen LogP contribution in [-0.2, 0) is 0 Å². The van der Waals surface area contributed by atoms with Gasteiger partial charge in [0.1, 0.15) is 6.33 Å². The van der Waals surface area contributed by atoms with Crippen LogP contribution < -0.4 is 4.90 Å². The Labute approximate surface area is 170 Å². The molecule has 1 aliphatic carbocycles. The Morgan fingerprint density at radius 1 is 0.966 bits per heavy atom. The Morgan fingerprint density at radius 3 is 2.41 bits per heavy atom. The van der Waals surface area contributed by atoms with Crippen molar-refractivity contribution in [2.75, 3.05) is 4.90 Å². The van der Waals surface area contributed by atoms with E-state index in [1.807, 2.05) is 59.5 Å². The lowest BCUT2D eigenvalue weighted by molar-refractivity contribution is 0.0743. The number of rotatable bonds is 2. The Bertz CT molecular complexity index is 1040. The number of nitrogens with zero attached hydrogens (tertiary/aromatic N) is 3. The highest BCUT2D eigenvalue weighted by molar-refractivity contribution is 6.12. The van der Waals surface area contributed by atoms with E-state index in [2.05, 4.69) is 4.98 Å². The molecule has 146 valence electrons. The molecular formula is C24H23N3O2. The van der Waals surface area contributed by atoms with Gasteiger partial charge in [0.05, 0.1) is 11.5 Å². The van der Waals surface area contributed by atoms with Crippen LogP contribution in [0.25, 0.3) is 0 Å². The number of amides is 1. The zero-order valence-electron chi connectivity index (χ0n) is 16.2. The van der Waals surface area contributed by atoms with Gasteiger partial charge in [-0.1, -0.05) is 55.7 Å². The molecule has 5 rings (SSSR count). The molecule has 1 aliphatic heterocycles. The molecule has 29 heavy (non-hydrogen) atoms. The predicted molar refractivity (Wildman–Crippen MR) is 111 cm³/mol. The molecule has 1 spiro atoms. The maximum Gasteiger partial charge on any atom is 0.259 e. The van der Waals surface area contributed by atoms with Gasteiger partial charge in [-0.25, -0.2) is 4.98 Å². The fraction of sp³-hybridized carbons (Fsp3) is 0.292. The molecule has 5 nitrogen and oxygen atoms in total. The number of fused-ring (bicyclic) bond motifs is 1. The molecule has 1 atom stereocenters. The molecular weight excluding hydrogens is 362 g/mol. The van der Waals surface area contributed by atoms with Crippen molar-refractivity contribution in [2.24, 2.45) is 0 Å². The van der Waals surface area contributed by atoms with Gasteiger partial charge in [0.2, 0.25) is 5.91 Å². The first-order chi connectivity index (χ1) is 14.2. The standard InChI is InChI=1S/C24H23N3O2/c28-22-20-12-6-5-11-19(20)21(23(29)26-16-15-25-17-26)24(13-7-2-8-14-24)27(22)18-9-3-1-4-10-18/h1,3-6,9-12,15-17,21H,2,7-8,13-14H2/t21-/m1/s1. The second kappa shape index (κ2) is 6.99. The van der Waals surface area contributed by atoms with E-state index in [-0.39, 0.29) is 11.8 Å². The Hall–Kier alpha value is -3.21. The Morgan fingerprint density at radius 2 is 1.69 bits per heavy atom. The van der Waals surface area contributed by atoms with Crippen molar-refractivity contribution in [1.29, 1.82) is 0 Å². The summed E-state index contributed by atoms with van der Waals surface area (Å²) in [5.41, 5.74) is 1.75. The molecule has 2 aliphatic rings. The van der Waals surface area contributed by atoms with Gasteiger partial charge in [0, 0.05) is 23.6 Å². The van der Waals surface area contributed by atoms with Gasteiger partial charge in [-0.15, -0.1) is 0 Å². The molecule has 0 radical (unpaired) electrons. The number of para-hydroxylation sites is 1. The maximum atomic E-state index is 13.8. The fourth-order valence-corrected chi connectivity index (χ4v) is 5.21. The number of aromatic nitrogens is 2. The quantitative estimate of drug-likeness (QED) is 0.644. The lowest BCUT2D eigenvalue weighted by atomic mass is 9.65. The van der Waals surface area contributed by atoms with E-state index in [0.717, 1.165) is 43.4 Å². The number of imidazole rings is 1. The van der Waals surface area contributed by atoms with Gasteiger partial charge in [0.15, 0.2) is 0 Å². The molecule has 1 amide bonds. The third-order valence-electron chi connectivity index (χ3n) is 6.43. The van der Waals surface area contributed by atoms with Crippen molar-refractivity contribution < 1.29 is 9.59 Å². The summed E-state index contributed by atoms with van der Waals surface area (Å²) < 4.78 is 1.57. The van der Waals surface area contributed by atoms with Crippen LogP contribution in [0.2, 0.25) is 0 Å². The van der Waals surface area contributed by atoms with Crippen LogP contribution >= 0.6 is 0 Å². The second-order valence-electron chi connectivity index (χ2n) is 7.97. The zero-order valence-corrected chi connectivity index (χ0v) is 16.2. The summed E-state index contributed by atoms with van der Waals surface area (Å²) in [6, 6.07) is 17.4. The van der Waals surface area contributed by atoms with E-state index in [1.165, 1.54) is 0 Å². The Balaban J connectivity index is 1.77. The number of hydrogen-bond donors (Lipinski definition) is 0. The van der Waals surface area contributed by atoms with Crippen LogP contribution in [0.3, 0.4) is 0 Å². The van der Waals surface area contributed by atoms with Gasteiger partial charge < -0.3 is 4.90 Å². The van der Waals surface area contributed by atoms with Gasteiger partial charge in [-0.3, -0.25) is 14.2 Å². The molecule has 1 fully saturated rings. The summed E-state index contributed by atoms with van der Waals surface area (Å²) in [4.78, 5) is 33.5. The third-order valence-corrected chi connectivity index (χ3v) is 6.43. The third kappa shape index (κ3) is 2.72. The summed E-state index contributed by atoms with van der Waals surface area (Å²) in [5.74, 6) is -0.459. The summed E-state index contributed by atoms with van der Waals surface area (Å²) in [7, 11) is 0. The van der Waals surface area contributed by atoms with Gasteiger partial charge in [-0.05, 0) is 36.6 Å². The first-order valence-electron chi connectivity index (χ1n) is 10.2. The summed E-state index contributed by atoms with van der Waals surface area (Å²) in [5, 5.41) is 0. The van der Waals surface area contributed by atoms with Crippen molar-refractivity contribution in [3.8, 4) is 0 Å². The van der Waals surface area contributed by atoms with Crippen molar-refractivity contribution in [2.45, 2.75) is 43.6 Å². The van der Waals surface area contributed by atoms with E-state index < -0.39 is 11.5 Å². The van der Waals surface area contributed by atoms with Crippen LogP contribution in [0.15, 0.2) is 73.3 Å². The molecule has 2 heterocycles. The topological polar surface area (TPSA) is 55.2 Å². The second-order valence-corrected chi connectivity index (χ2v) is 7.97. The molecule has 0 bridgehead atoms. The summed E-state index contributed by atoms with van der Waals surface area (Å²) >= 11 is 0. The Kier molecular flexibility index (Phi) is 4.31. The van der Waals surface area contributed by atoms with Gasteiger partial charge in [0.25, 0.3) is 5.91 Å². The molecule has 1 aromatic heterocycles. The van der Waals surface area contributed by atoms with Crippen LogP contribution in [0.1, 0.15) is 58.7 Å². The molecule has 0 unspecified atom stereocenters. The van der Waals surface area contributed by atoms with Crippen molar-refractivity contribution in [3.05, 3.63) is 84.4 Å². The van der Waals surface area contributed by atoms with Crippen molar-refractivity contribution in [3.63, 3.8) is 0 Å². The number of carbonyl (C=O) groups is 2. The number of carbonyl (C=O) groups excluding carboxylic acids is 2. The minimum atomic E-state index is -0.563. The summed E-state index contributed by atoms with van der Waals surface area (Å²) in [6.45, 7) is 0. The normalized spacial score (nSPS) is 20.5. The van der Waals surface area contributed by atoms with Crippen LogP contribution in [0.4, 0.5) is 5.69 Å². The fourth-order valence-electron chi connectivity index (χ4n) is 5.21. The molecule has 2 aromatic carbocycles. The lowest BCUT2D eigenvalue weighted by Crippen LogP contribution is -2.62. The van der Waals surface area contributed by atoms with Crippen LogP contribution in [-0.4, -0.2) is 26.9 Å². The van der Waals surface area contributed by atoms with E-state index >= 15 is 0 Å². The number of hydrogen-bond acceptors (Lipinski definition) is 3. The zero-order chi connectivity index (χ0) is 19.8. The van der Waals surface area contributed by atoms with Gasteiger partial charge >= 0.3 is 0 Å². The number of benzene rings is 2. The van der Waals surface area contributed by atoms with Crippen molar-refractivity contribution in [1.82, 2.24) is 9.55 Å². The maximum absolute atomic E-state index is 13.8. The minimum absolute atomic E-state index is 0.0108. The van der Waals surface area contributed by atoms with Crippen molar-refractivity contribution >= 4 is 17.5 Å². The highest BCUT2D eigenvalue weighted by Crippen LogP contribution is 2.51. The predicted octanol–water partition coefficient (Wildman–Crippen LogP) is 4.67. The smallest absolute Gasteiger partial charge is 0.259 e. The molecule has 0 N–H and O–H groups in total. The van der Waals surface area contributed by atoms with Crippen LogP contribution in [0, 0.1) is 0 Å². The minimum Gasteiger partial charge on any atom is -0.301 e. The lowest BCUT2D eigenvalue weighted by Gasteiger charge is -2.53. The number of anilines is 1. The molecule has 1 saturated carbocycles. The van der Waals surface area contributed by atoms with Crippen LogP contribution in [0.5, 0.6) is 0 Å². The summed E-state index contributed by atoms with van der Waals surface area (Å²) in [6.07, 6.45) is 9.65. The first-order valence-corrected chi connectivity index (χ1v) is 10.2. The van der Waals surface area contributed by atoms with E-state index in [0.29, 0.717) is 5.56 Å². The average Bonchev–Trinajstić information content (AvgIpc) is 3.30. The highest BCUT2D eigenvalue weighted by Gasteiger charge is 2.55. The molecule has 3 aromatic rings. The van der Waals surface area contributed by atoms with E-state index in [9.17, 15) is 9.59 Å². The largest absolute Gasteiger partial charge is 0.301 e. The van der Waals surface area contributed by atoms with E-state index in [4.69, 9.17) is 0 Å². The molecule has 5 heteroatoms.